The third kappa shape index (κ3) is 1.65. The minimum Gasteiger partial charge on any atom is -0.391 e. The summed E-state index contributed by atoms with van der Waals surface area (Å²) in [7, 11) is 0. The van der Waals surface area contributed by atoms with Crippen molar-refractivity contribution in [2.45, 2.75) is 32.9 Å². The molecule has 1 aromatic rings. The molecule has 0 saturated carbocycles. The quantitative estimate of drug-likeness (QED) is 0.783. The summed E-state index contributed by atoms with van der Waals surface area (Å²) in [5.74, 6) is -1.04. The molecule has 90 valence electrons. The van der Waals surface area contributed by atoms with Crippen LogP contribution in [0.4, 0.5) is 5.69 Å². The summed E-state index contributed by atoms with van der Waals surface area (Å²) < 4.78 is 0. The Morgan fingerprint density at radius 2 is 1.88 bits per heavy atom. The molecule has 1 heterocycles. The first-order valence-electron chi connectivity index (χ1n) is 5.60. The lowest BCUT2D eigenvalue weighted by atomic mass is 10.1. The molecule has 1 aromatic carbocycles. The van der Waals surface area contributed by atoms with Crippen LogP contribution < -0.4 is 4.90 Å². The van der Waals surface area contributed by atoms with Crippen molar-refractivity contribution in [3.8, 4) is 0 Å². The molecule has 0 aromatic heterocycles. The first-order valence-corrected chi connectivity index (χ1v) is 5.60. The number of fused-ring (bicyclic) bond motifs is 1. The van der Waals surface area contributed by atoms with Crippen LogP contribution in [-0.2, 0) is 4.79 Å². The second-order valence-electron chi connectivity index (χ2n) is 4.46. The number of aryl methyl sites for hydroxylation is 1. The van der Waals surface area contributed by atoms with Crippen LogP contribution in [0.5, 0.6) is 0 Å². The maximum absolute atomic E-state index is 11.9. The van der Waals surface area contributed by atoms with E-state index in [-0.39, 0.29) is 0 Å². The molecule has 4 heteroatoms. The number of para-hydroxylation sites is 1. The molecule has 0 spiro atoms. The molecule has 4 nitrogen and oxygen atoms in total. The number of amides is 1. The average Bonchev–Trinajstić information content (AvgIpc) is 2.53. The highest BCUT2D eigenvalue weighted by molar-refractivity contribution is 6.52. The Morgan fingerprint density at radius 1 is 1.24 bits per heavy atom. The number of rotatable bonds is 2. The molecule has 0 bridgehead atoms. The topological polar surface area (TPSA) is 57.6 Å². The van der Waals surface area contributed by atoms with Gasteiger partial charge in [0.25, 0.3) is 11.7 Å². The van der Waals surface area contributed by atoms with Crippen molar-refractivity contribution in [2.24, 2.45) is 0 Å². The van der Waals surface area contributed by atoms with Crippen LogP contribution in [0.3, 0.4) is 0 Å². The molecule has 0 saturated heterocycles. The molecule has 1 N–H and O–H groups in total. The fraction of sp³-hybridized carbons (Fsp3) is 0.385. The standard InChI is InChI=1S/C13H15NO3/c1-7-5-4-6-10-11(7)14(8(2)9(3)15)13(17)12(10)16/h4-6,8-9,15H,1-3H3. The summed E-state index contributed by atoms with van der Waals surface area (Å²) >= 11 is 0. The number of Topliss-reactive ketones (excluding diaryl/α,β-unsaturated/α-hetero) is 1. The van der Waals surface area contributed by atoms with Gasteiger partial charge in [0.05, 0.1) is 23.4 Å². The number of benzene rings is 1. The van der Waals surface area contributed by atoms with Crippen molar-refractivity contribution < 1.29 is 14.7 Å². The van der Waals surface area contributed by atoms with Gasteiger partial charge in [0.1, 0.15) is 0 Å². The number of aliphatic hydroxyl groups is 1. The number of carbonyl (C=O) groups is 2. The first kappa shape index (κ1) is 11.8. The lowest BCUT2D eigenvalue weighted by Crippen LogP contribution is -2.43. The van der Waals surface area contributed by atoms with Crippen LogP contribution in [0, 0.1) is 6.92 Å². The summed E-state index contributed by atoms with van der Waals surface area (Å²) in [5.41, 5.74) is 1.94. The summed E-state index contributed by atoms with van der Waals surface area (Å²) in [6.07, 6.45) is -0.683. The number of nitrogens with zero attached hydrogens (tertiary/aromatic N) is 1. The van der Waals surface area contributed by atoms with Crippen LogP contribution in [-0.4, -0.2) is 28.9 Å². The van der Waals surface area contributed by atoms with E-state index in [2.05, 4.69) is 0 Å². The Labute approximate surface area is 99.9 Å². The highest BCUT2D eigenvalue weighted by atomic mass is 16.3. The van der Waals surface area contributed by atoms with Gasteiger partial charge in [-0.2, -0.15) is 0 Å². The zero-order valence-corrected chi connectivity index (χ0v) is 10.1. The minimum absolute atomic E-state index is 0.409. The molecule has 0 fully saturated rings. The van der Waals surface area contributed by atoms with Crippen molar-refractivity contribution in [1.29, 1.82) is 0 Å². The van der Waals surface area contributed by atoms with E-state index in [9.17, 15) is 14.7 Å². The third-order valence-corrected chi connectivity index (χ3v) is 3.24. The van der Waals surface area contributed by atoms with E-state index < -0.39 is 23.8 Å². The highest BCUT2D eigenvalue weighted by Crippen LogP contribution is 2.34. The fourth-order valence-corrected chi connectivity index (χ4v) is 2.09. The van der Waals surface area contributed by atoms with Crippen LogP contribution >= 0.6 is 0 Å². The van der Waals surface area contributed by atoms with E-state index in [4.69, 9.17) is 0 Å². The van der Waals surface area contributed by atoms with E-state index in [1.165, 1.54) is 4.90 Å². The van der Waals surface area contributed by atoms with Gasteiger partial charge in [0.15, 0.2) is 0 Å². The van der Waals surface area contributed by atoms with E-state index >= 15 is 0 Å². The molecule has 1 amide bonds. The molecule has 2 rings (SSSR count). The summed E-state index contributed by atoms with van der Waals surface area (Å²) in [6, 6.07) is 4.86. The van der Waals surface area contributed by atoms with Gasteiger partial charge in [-0.1, -0.05) is 12.1 Å². The molecule has 2 unspecified atom stereocenters. The Morgan fingerprint density at radius 3 is 2.47 bits per heavy atom. The Balaban J connectivity index is 2.58. The monoisotopic (exact) mass is 233 g/mol. The van der Waals surface area contributed by atoms with Crippen molar-refractivity contribution in [3.05, 3.63) is 29.3 Å². The van der Waals surface area contributed by atoms with Gasteiger partial charge < -0.3 is 5.11 Å². The summed E-state index contributed by atoms with van der Waals surface area (Å²) in [4.78, 5) is 25.1. The second kappa shape index (κ2) is 3.96. The normalized spacial score (nSPS) is 18.2. The van der Waals surface area contributed by atoms with E-state index in [0.29, 0.717) is 11.3 Å². The van der Waals surface area contributed by atoms with Gasteiger partial charge in [-0.3, -0.25) is 14.5 Å². The Hall–Kier alpha value is -1.68. The highest BCUT2D eigenvalue weighted by Gasteiger charge is 2.40. The van der Waals surface area contributed by atoms with Crippen LogP contribution in [0.2, 0.25) is 0 Å². The zero-order valence-electron chi connectivity index (χ0n) is 10.1. The van der Waals surface area contributed by atoms with Crippen molar-refractivity contribution >= 4 is 17.4 Å². The number of aliphatic hydroxyl groups excluding tert-OH is 1. The van der Waals surface area contributed by atoms with Crippen LogP contribution in [0.25, 0.3) is 0 Å². The molecular weight excluding hydrogens is 218 g/mol. The number of hydrogen-bond acceptors (Lipinski definition) is 3. The van der Waals surface area contributed by atoms with Crippen molar-refractivity contribution in [3.63, 3.8) is 0 Å². The SMILES string of the molecule is Cc1cccc2c1N(C(C)C(C)O)C(=O)C2=O. The van der Waals surface area contributed by atoms with Gasteiger partial charge in [-0.05, 0) is 32.4 Å². The smallest absolute Gasteiger partial charge is 0.299 e. The lowest BCUT2D eigenvalue weighted by molar-refractivity contribution is -0.115. The van der Waals surface area contributed by atoms with Gasteiger partial charge in [0.2, 0.25) is 0 Å². The second-order valence-corrected chi connectivity index (χ2v) is 4.46. The Bertz CT molecular complexity index is 493. The summed E-state index contributed by atoms with van der Waals surface area (Å²) in [6.45, 7) is 5.20. The first-order chi connectivity index (χ1) is 7.95. The number of hydrogen-bond donors (Lipinski definition) is 1. The van der Waals surface area contributed by atoms with E-state index in [1.54, 1.807) is 26.0 Å². The molecule has 2 atom stereocenters. The molecule has 0 aliphatic carbocycles. The molecule has 0 radical (unpaired) electrons. The lowest BCUT2D eigenvalue weighted by Gasteiger charge is -2.27. The van der Waals surface area contributed by atoms with Gasteiger partial charge in [-0.25, -0.2) is 0 Å². The predicted octanol–water partition coefficient (Wildman–Crippen LogP) is 1.29. The largest absolute Gasteiger partial charge is 0.391 e. The molecule has 1 aliphatic rings. The maximum Gasteiger partial charge on any atom is 0.299 e. The average molecular weight is 233 g/mol. The number of ketones is 1. The Kier molecular flexibility index (Phi) is 2.75. The molecule has 1 aliphatic heterocycles. The van der Waals surface area contributed by atoms with Crippen LogP contribution in [0.1, 0.15) is 29.8 Å². The van der Waals surface area contributed by atoms with Gasteiger partial charge in [0, 0.05) is 0 Å². The van der Waals surface area contributed by atoms with Crippen molar-refractivity contribution in [1.82, 2.24) is 0 Å². The van der Waals surface area contributed by atoms with Gasteiger partial charge in [-0.15, -0.1) is 0 Å². The van der Waals surface area contributed by atoms with E-state index in [0.717, 1.165) is 5.56 Å². The number of anilines is 1. The molecular formula is C13H15NO3. The summed E-state index contributed by atoms with van der Waals surface area (Å²) in [5, 5.41) is 9.60. The molecule has 17 heavy (non-hydrogen) atoms. The van der Waals surface area contributed by atoms with Gasteiger partial charge >= 0.3 is 0 Å². The number of carbonyl (C=O) groups excluding carboxylic acids is 2. The zero-order chi connectivity index (χ0) is 12.7. The third-order valence-electron chi connectivity index (χ3n) is 3.24. The van der Waals surface area contributed by atoms with Crippen molar-refractivity contribution in [2.75, 3.05) is 4.90 Å². The fourth-order valence-electron chi connectivity index (χ4n) is 2.09. The van der Waals surface area contributed by atoms with Crippen LogP contribution in [0.15, 0.2) is 18.2 Å². The van der Waals surface area contributed by atoms with E-state index in [1.807, 2.05) is 13.0 Å². The predicted molar refractivity (Wildman–Crippen MR) is 64.1 cm³/mol. The minimum atomic E-state index is -0.683. The maximum atomic E-state index is 11.9.